The van der Waals surface area contributed by atoms with Crippen molar-refractivity contribution in [3.8, 4) is 0 Å². The van der Waals surface area contributed by atoms with E-state index in [9.17, 15) is 4.79 Å². The summed E-state index contributed by atoms with van der Waals surface area (Å²) in [6.07, 6.45) is 0. The summed E-state index contributed by atoms with van der Waals surface area (Å²) in [5, 5.41) is 11.8. The molecule has 0 aromatic carbocycles. The van der Waals surface area contributed by atoms with Crippen LogP contribution in [-0.4, -0.2) is 35.1 Å². The number of carbonyl (C=O) groups is 1. The molecule has 1 N–H and O–H groups in total. The Morgan fingerprint density at radius 1 is 1.56 bits per heavy atom. The zero-order chi connectivity index (χ0) is 12.1. The van der Waals surface area contributed by atoms with E-state index in [0.717, 1.165) is 4.34 Å². The van der Waals surface area contributed by atoms with Gasteiger partial charge in [0.05, 0.1) is 0 Å². The van der Waals surface area contributed by atoms with Crippen LogP contribution in [0.15, 0.2) is 4.34 Å². The molecule has 0 fully saturated rings. The van der Waals surface area contributed by atoms with Crippen LogP contribution in [0.1, 0.15) is 20.8 Å². The molecule has 0 spiro atoms. The smallest absolute Gasteiger partial charge is 0.323 e. The minimum Gasteiger partial charge on any atom is -0.341 e. The van der Waals surface area contributed by atoms with Crippen LogP contribution in [-0.2, 0) is 0 Å². The fraction of sp³-hybridized carbons (Fsp3) is 0.667. The third-order valence-electron chi connectivity index (χ3n) is 1.74. The maximum absolute atomic E-state index is 11.5. The first-order valence-electron chi connectivity index (χ1n) is 5.07. The Kier molecular flexibility index (Phi) is 5.01. The van der Waals surface area contributed by atoms with E-state index in [1.807, 2.05) is 6.92 Å². The number of thioether (sulfide) groups is 1. The second-order valence-corrected chi connectivity index (χ2v) is 6.10. The minimum absolute atomic E-state index is 0.153. The topological polar surface area (TPSA) is 58.1 Å². The molecule has 2 amide bonds. The van der Waals surface area contributed by atoms with Gasteiger partial charge >= 0.3 is 6.03 Å². The van der Waals surface area contributed by atoms with E-state index in [1.165, 1.54) is 11.3 Å². The average Bonchev–Trinajstić information content (AvgIpc) is 2.66. The van der Waals surface area contributed by atoms with Crippen LogP contribution in [0.4, 0.5) is 9.93 Å². The molecular formula is C9H16N4OS2. The highest BCUT2D eigenvalue weighted by Crippen LogP contribution is 2.30. The zero-order valence-electron chi connectivity index (χ0n) is 9.85. The standard InChI is InChI=1S/C9H16N4OS2/c1-5-13(7(14)10-4)8-11-12-9(16-8)15-6(2)3/h6H,5H2,1-4H3,(H,10,14). The monoisotopic (exact) mass is 260 g/mol. The summed E-state index contributed by atoms with van der Waals surface area (Å²) in [5.74, 6) is 0. The Bertz CT molecular complexity index is 353. The van der Waals surface area contributed by atoms with Crippen molar-refractivity contribution < 1.29 is 4.79 Å². The predicted octanol–water partition coefficient (Wildman–Crippen LogP) is 2.20. The molecule has 0 bridgehead atoms. The lowest BCUT2D eigenvalue weighted by Gasteiger charge is -2.15. The number of amides is 2. The van der Waals surface area contributed by atoms with Gasteiger partial charge in [-0.15, -0.1) is 10.2 Å². The molecule has 1 heterocycles. The van der Waals surface area contributed by atoms with Crippen LogP contribution >= 0.6 is 23.1 Å². The van der Waals surface area contributed by atoms with Gasteiger partial charge in [0.2, 0.25) is 5.13 Å². The number of nitrogens with zero attached hydrogens (tertiary/aromatic N) is 3. The van der Waals surface area contributed by atoms with Crippen LogP contribution in [0, 0.1) is 0 Å². The zero-order valence-corrected chi connectivity index (χ0v) is 11.5. The first-order valence-corrected chi connectivity index (χ1v) is 6.77. The SMILES string of the molecule is CCN(C(=O)NC)c1nnc(SC(C)C)s1. The Morgan fingerprint density at radius 3 is 2.75 bits per heavy atom. The number of urea groups is 1. The minimum atomic E-state index is -0.153. The predicted molar refractivity (Wildman–Crippen MR) is 68.4 cm³/mol. The molecule has 1 aromatic rings. The summed E-state index contributed by atoms with van der Waals surface area (Å²) < 4.78 is 0.896. The third kappa shape index (κ3) is 3.34. The van der Waals surface area contributed by atoms with E-state index < -0.39 is 0 Å². The maximum Gasteiger partial charge on any atom is 0.323 e. The maximum atomic E-state index is 11.5. The summed E-state index contributed by atoms with van der Waals surface area (Å²) in [7, 11) is 1.61. The van der Waals surface area contributed by atoms with Crippen molar-refractivity contribution in [2.45, 2.75) is 30.4 Å². The quantitative estimate of drug-likeness (QED) is 0.666. The van der Waals surface area contributed by atoms with E-state index in [4.69, 9.17) is 0 Å². The molecule has 0 aliphatic rings. The van der Waals surface area contributed by atoms with E-state index >= 15 is 0 Å². The first kappa shape index (κ1) is 13.2. The molecule has 0 aliphatic carbocycles. The highest BCUT2D eigenvalue weighted by Gasteiger charge is 2.17. The highest BCUT2D eigenvalue weighted by atomic mass is 32.2. The molecule has 0 saturated heterocycles. The van der Waals surface area contributed by atoms with E-state index in [1.54, 1.807) is 23.7 Å². The van der Waals surface area contributed by atoms with Crippen molar-refractivity contribution >= 4 is 34.3 Å². The average molecular weight is 260 g/mol. The number of nitrogens with one attached hydrogen (secondary N) is 1. The number of aromatic nitrogens is 2. The Balaban J connectivity index is 2.78. The van der Waals surface area contributed by atoms with Gasteiger partial charge in [-0.05, 0) is 6.92 Å². The molecule has 5 nitrogen and oxygen atoms in total. The van der Waals surface area contributed by atoms with Crippen LogP contribution in [0.5, 0.6) is 0 Å². The highest BCUT2D eigenvalue weighted by molar-refractivity contribution is 8.01. The molecule has 0 radical (unpaired) electrons. The lowest BCUT2D eigenvalue weighted by molar-refractivity contribution is 0.248. The van der Waals surface area contributed by atoms with Crippen molar-refractivity contribution in [3.05, 3.63) is 0 Å². The first-order chi connectivity index (χ1) is 7.58. The Hall–Kier alpha value is -0.820. The number of carbonyl (C=O) groups excluding carboxylic acids is 1. The third-order valence-corrected chi connectivity index (χ3v) is 3.77. The van der Waals surface area contributed by atoms with Gasteiger partial charge in [-0.25, -0.2) is 4.79 Å². The summed E-state index contributed by atoms with van der Waals surface area (Å²) in [6, 6.07) is -0.153. The Labute approximate surface area is 104 Å². The molecule has 0 aliphatic heterocycles. The van der Waals surface area contributed by atoms with Crippen molar-refractivity contribution in [1.82, 2.24) is 15.5 Å². The van der Waals surface area contributed by atoms with E-state index in [0.29, 0.717) is 16.9 Å². The molecule has 0 atom stereocenters. The van der Waals surface area contributed by atoms with Crippen LogP contribution in [0.25, 0.3) is 0 Å². The van der Waals surface area contributed by atoms with Gasteiger partial charge in [0.15, 0.2) is 4.34 Å². The van der Waals surface area contributed by atoms with Gasteiger partial charge in [0.25, 0.3) is 0 Å². The molecular weight excluding hydrogens is 244 g/mol. The van der Waals surface area contributed by atoms with Gasteiger partial charge in [0.1, 0.15) is 0 Å². The van der Waals surface area contributed by atoms with Crippen molar-refractivity contribution in [2.75, 3.05) is 18.5 Å². The lowest BCUT2D eigenvalue weighted by atomic mass is 10.6. The number of anilines is 1. The number of hydrogen-bond acceptors (Lipinski definition) is 5. The molecule has 0 unspecified atom stereocenters. The van der Waals surface area contributed by atoms with Crippen LogP contribution in [0.3, 0.4) is 0 Å². The largest absolute Gasteiger partial charge is 0.341 e. The molecule has 1 aromatic heterocycles. The summed E-state index contributed by atoms with van der Waals surface area (Å²) in [5.41, 5.74) is 0. The second-order valence-electron chi connectivity index (χ2n) is 3.32. The van der Waals surface area contributed by atoms with Crippen molar-refractivity contribution in [2.24, 2.45) is 0 Å². The molecule has 1 rings (SSSR count). The normalized spacial score (nSPS) is 10.6. The van der Waals surface area contributed by atoms with Crippen molar-refractivity contribution in [1.29, 1.82) is 0 Å². The van der Waals surface area contributed by atoms with E-state index in [2.05, 4.69) is 29.4 Å². The fourth-order valence-corrected chi connectivity index (χ4v) is 3.19. The van der Waals surface area contributed by atoms with Gasteiger partial charge in [-0.1, -0.05) is 36.9 Å². The fourth-order valence-electron chi connectivity index (χ4n) is 1.06. The van der Waals surface area contributed by atoms with E-state index in [-0.39, 0.29) is 6.03 Å². The lowest BCUT2D eigenvalue weighted by Crippen LogP contribution is -2.37. The number of rotatable bonds is 4. The summed E-state index contributed by atoms with van der Waals surface area (Å²) >= 11 is 3.10. The van der Waals surface area contributed by atoms with Crippen LogP contribution < -0.4 is 10.2 Å². The summed E-state index contributed by atoms with van der Waals surface area (Å²) in [6.45, 7) is 6.69. The van der Waals surface area contributed by atoms with Crippen LogP contribution in [0.2, 0.25) is 0 Å². The number of hydrogen-bond donors (Lipinski definition) is 1. The van der Waals surface area contributed by atoms with Crippen molar-refractivity contribution in [3.63, 3.8) is 0 Å². The molecule has 0 saturated carbocycles. The summed E-state index contributed by atoms with van der Waals surface area (Å²) in [4.78, 5) is 13.1. The molecule has 16 heavy (non-hydrogen) atoms. The molecule has 7 heteroatoms. The van der Waals surface area contributed by atoms with Gasteiger partial charge < -0.3 is 5.32 Å². The van der Waals surface area contributed by atoms with Gasteiger partial charge in [-0.3, -0.25) is 4.90 Å². The molecule has 90 valence electrons. The van der Waals surface area contributed by atoms with Gasteiger partial charge in [0, 0.05) is 18.8 Å². The second kappa shape index (κ2) is 6.05. The Morgan fingerprint density at radius 2 is 2.25 bits per heavy atom. The van der Waals surface area contributed by atoms with Gasteiger partial charge in [-0.2, -0.15) is 0 Å².